The predicted octanol–water partition coefficient (Wildman–Crippen LogP) is 19.4. The maximum atomic E-state index is 14.4. The van der Waals surface area contributed by atoms with Crippen molar-refractivity contribution in [2.45, 2.75) is 0 Å². The summed E-state index contributed by atoms with van der Waals surface area (Å²) in [6.45, 7) is 0. The van der Waals surface area contributed by atoms with Crippen LogP contribution in [0, 0.1) is 0 Å². The number of nitrogens with zero attached hydrogens (tertiary/aromatic N) is 2. The molecule has 94 heavy (non-hydrogen) atoms. The van der Waals surface area contributed by atoms with Gasteiger partial charge in [-0.25, -0.2) is 0 Å². The van der Waals surface area contributed by atoms with E-state index in [1.165, 1.54) is 22.3 Å². The van der Waals surface area contributed by atoms with Gasteiger partial charge in [0.05, 0.1) is 0 Å². The van der Waals surface area contributed by atoms with Gasteiger partial charge in [-0.05, 0) is 164 Å². The van der Waals surface area contributed by atoms with Gasteiger partial charge < -0.3 is 9.80 Å². The van der Waals surface area contributed by atoms with Gasteiger partial charge in [0.15, 0.2) is 11.6 Å². The van der Waals surface area contributed by atoms with Crippen molar-refractivity contribution in [3.8, 4) is 66.8 Å². The molecule has 4 nitrogen and oxygen atoms in total. The summed E-state index contributed by atoms with van der Waals surface area (Å²) in [6.07, 6.45) is 0. The average molecular weight is 2420 g/mol. The van der Waals surface area contributed by atoms with Crippen LogP contribution in [0.3, 0.4) is 0 Å². The van der Waals surface area contributed by atoms with Gasteiger partial charge in [0, 0.05) is 580 Å². The minimum atomic E-state index is -0.156. The normalized spacial score (nSPS) is 9.66. The predicted molar refractivity (Wildman–Crippen MR) is 322 cm³/mol. The molecule has 0 aliphatic heterocycles. The maximum absolute atomic E-state index is 14.4. The van der Waals surface area contributed by atoms with Gasteiger partial charge in [-0.2, -0.15) is 0 Å². The Kier molecular flexibility index (Phi) is 61.8. The zero-order valence-corrected chi connectivity index (χ0v) is 97.2. The topological polar surface area (TPSA) is 40.6 Å². The summed E-state index contributed by atoms with van der Waals surface area (Å²) in [5, 5.41) is 0. The van der Waals surface area contributed by atoms with E-state index in [0.717, 1.165) is 78.6 Å². The molecule has 416 valence electrons. The van der Waals surface area contributed by atoms with Crippen LogP contribution in [0.25, 0.3) is 66.8 Å². The van der Waals surface area contributed by atoms with E-state index in [-0.39, 0.29) is 535 Å². The van der Waals surface area contributed by atoms with Gasteiger partial charge in [0.2, 0.25) is 0 Å². The van der Waals surface area contributed by atoms with Crippen molar-refractivity contribution in [1.82, 2.24) is 0 Å². The number of rotatable bonds is 12. The summed E-state index contributed by atoms with van der Waals surface area (Å²) >= 11 is 0. The summed E-state index contributed by atoms with van der Waals surface area (Å²) in [4.78, 5) is 33.3. The van der Waals surface area contributed by atoms with Crippen molar-refractivity contribution in [2.24, 2.45) is 0 Å². The van der Waals surface area contributed by atoms with Crippen LogP contribution in [0.4, 0.5) is 34.1 Å². The molecular weight excluding hydrogens is 2370 g/mol. The molecular formula is C74H50N2O2Y16. The average Bonchev–Trinajstić information content (AvgIpc) is 0.765. The molecule has 1 aliphatic rings. The van der Waals surface area contributed by atoms with Gasteiger partial charge in [-0.15, -0.1) is 0 Å². The molecule has 1 aliphatic carbocycles. The third kappa shape index (κ3) is 26.7. The molecule has 0 heterocycles. The van der Waals surface area contributed by atoms with E-state index < -0.39 is 0 Å². The van der Waals surface area contributed by atoms with E-state index in [1.54, 1.807) is 0 Å². The first kappa shape index (κ1) is 108. The Morgan fingerprint density at radius 3 is 0.479 bits per heavy atom. The summed E-state index contributed by atoms with van der Waals surface area (Å²) in [6, 6.07) is 104. The summed E-state index contributed by atoms with van der Waals surface area (Å²) < 4.78 is 0. The first-order valence-corrected chi connectivity index (χ1v) is 26.3. The van der Waals surface area contributed by atoms with Gasteiger partial charge in [-0.1, -0.05) is 206 Å². The van der Waals surface area contributed by atoms with Crippen LogP contribution in [0.2, 0.25) is 0 Å². The summed E-state index contributed by atoms with van der Waals surface area (Å²) in [5.41, 5.74) is 20.6. The van der Waals surface area contributed by atoms with E-state index in [2.05, 4.69) is 252 Å². The molecule has 0 saturated heterocycles. The molecule has 0 aromatic heterocycles. The molecule has 0 bridgehead atoms. The number of carbonyl (C=O) groups excluding carboxylic acids is 2. The van der Waals surface area contributed by atoms with Crippen molar-refractivity contribution in [2.75, 3.05) is 9.80 Å². The molecule has 16 radical (unpaired) electrons. The third-order valence-corrected chi connectivity index (χ3v) is 14.9. The van der Waals surface area contributed by atoms with Crippen LogP contribution in [-0.2, 0) is 523 Å². The van der Waals surface area contributed by atoms with Crippen LogP contribution in [0.1, 0.15) is 31.8 Å². The number of carbonyl (C=O) groups is 2. The molecule has 12 aromatic carbocycles. The minimum Gasteiger partial charge on any atom is -0.311 e. The summed E-state index contributed by atoms with van der Waals surface area (Å²) in [5.74, 6) is -0.313. The molecule has 0 saturated carbocycles. The zero-order chi connectivity index (χ0) is 52.4. The third-order valence-electron chi connectivity index (χ3n) is 14.9. The van der Waals surface area contributed by atoms with Crippen LogP contribution in [0.15, 0.2) is 303 Å². The number of anilines is 6. The van der Waals surface area contributed by atoms with Crippen LogP contribution < -0.4 is 9.80 Å². The maximum Gasteiger partial charge on any atom is 0.194 e. The fourth-order valence-electron chi connectivity index (χ4n) is 10.7. The molecule has 0 amide bonds. The first-order valence-electron chi connectivity index (χ1n) is 26.3. The quantitative estimate of drug-likeness (QED) is 0.122. The number of ketones is 2. The Morgan fingerprint density at radius 2 is 0.298 bits per heavy atom. The summed E-state index contributed by atoms with van der Waals surface area (Å²) in [7, 11) is 0. The standard InChI is InChI=1S/C74H50N2O2.16Y/c77-73-70-48-34-62(60-31-45-68(46-32-60)76(65-39-25-57(26-40-65)53-17-9-3-10-18-53)66-41-27-58(28-42-66)54-19-11-4-12-20-54)50-72(70)74(78)69-47-33-61(49-71(69)73)59-29-43-67(44-30-59)75(63-35-21-55(22-36-63)51-13-5-1-6-14-51)64-37-23-56(24-38-64)52-15-7-2-8-16-52;;;;;;;;;;;;;;;;/h1-50H;;;;;;;;;;;;;;;;. The molecule has 0 spiro atoms. The second-order valence-corrected chi connectivity index (χ2v) is 19.6. The van der Waals surface area contributed by atoms with Gasteiger partial charge in [0.1, 0.15) is 0 Å². The second kappa shape index (κ2) is 54.0. The molecule has 0 unspecified atom stereocenters. The van der Waals surface area contributed by atoms with Crippen LogP contribution in [0.5, 0.6) is 0 Å². The zero-order valence-electron chi connectivity index (χ0n) is 51.8. The van der Waals surface area contributed by atoms with E-state index in [9.17, 15) is 9.59 Å². The molecule has 0 atom stereocenters. The Labute approximate surface area is 957 Å². The van der Waals surface area contributed by atoms with Crippen LogP contribution in [-0.4, -0.2) is 11.6 Å². The van der Waals surface area contributed by atoms with Crippen molar-refractivity contribution in [1.29, 1.82) is 0 Å². The largest absolute Gasteiger partial charge is 0.311 e. The minimum absolute atomic E-state index is 0. The smallest absolute Gasteiger partial charge is 0.194 e. The van der Waals surface area contributed by atoms with E-state index in [4.69, 9.17) is 0 Å². The number of benzene rings is 12. The Morgan fingerprint density at radius 1 is 0.149 bits per heavy atom. The molecule has 12 aromatic rings. The van der Waals surface area contributed by atoms with Crippen molar-refractivity contribution >= 4 is 45.7 Å². The molecule has 0 N–H and O–H groups in total. The molecule has 20 heteroatoms. The molecule has 0 fully saturated rings. The van der Waals surface area contributed by atoms with Gasteiger partial charge >= 0.3 is 0 Å². The van der Waals surface area contributed by atoms with Crippen LogP contribution >= 0.6 is 0 Å². The SMILES string of the molecule is O=C1c2ccc(-c3ccc(N(c4ccc(-c5ccccc5)cc4)c4ccc(-c5ccccc5)cc4)cc3)cc2C(=O)c2ccc(-c3ccc(N(c4ccc(-c5ccccc5)cc4)c4ccc(-c5ccccc5)cc4)cc3)cc21.[Y].[Y].[Y].[Y].[Y].[Y].[Y].[Y].[Y].[Y].[Y].[Y].[Y].[Y].[Y].[Y]. The number of hydrogen-bond acceptors (Lipinski definition) is 4. The van der Waals surface area contributed by atoms with Crippen molar-refractivity contribution in [3.63, 3.8) is 0 Å². The number of hydrogen-bond donors (Lipinski definition) is 0. The van der Waals surface area contributed by atoms with E-state index in [1.807, 2.05) is 60.7 Å². The monoisotopic (exact) mass is 2420 g/mol. The van der Waals surface area contributed by atoms with Crippen molar-refractivity contribution < 1.29 is 533 Å². The number of fused-ring (bicyclic) bond motifs is 2. The fraction of sp³-hybridized carbons (Fsp3) is 0. The van der Waals surface area contributed by atoms with E-state index >= 15 is 0 Å². The fourth-order valence-corrected chi connectivity index (χ4v) is 10.7. The molecule has 13 rings (SSSR count). The first-order chi connectivity index (χ1) is 38.5. The Bertz CT molecular complexity index is 3710. The van der Waals surface area contributed by atoms with Gasteiger partial charge in [0.25, 0.3) is 0 Å². The van der Waals surface area contributed by atoms with Crippen molar-refractivity contribution in [3.05, 3.63) is 326 Å². The second-order valence-electron chi connectivity index (χ2n) is 19.6. The van der Waals surface area contributed by atoms with Gasteiger partial charge in [-0.3, -0.25) is 9.59 Å². The Balaban J connectivity index is -0.00000253. The van der Waals surface area contributed by atoms with E-state index in [0.29, 0.717) is 22.3 Å². The Hall–Kier alpha value is 7.24.